The largest absolute Gasteiger partial charge is 0.353 e. The van der Waals surface area contributed by atoms with Crippen LogP contribution in [-0.4, -0.2) is 16.9 Å². The number of thiazole rings is 1. The minimum Gasteiger partial charge on any atom is -0.353 e. The Kier molecular flexibility index (Phi) is 5.07. The van der Waals surface area contributed by atoms with Crippen molar-refractivity contribution in [1.82, 2.24) is 10.3 Å². The van der Waals surface area contributed by atoms with E-state index in [1.807, 2.05) is 6.07 Å². The molecule has 1 aromatic heterocycles. The summed E-state index contributed by atoms with van der Waals surface area (Å²) in [4.78, 5) is 17.9. The van der Waals surface area contributed by atoms with E-state index in [0.29, 0.717) is 12.0 Å². The first-order valence-corrected chi connectivity index (χ1v) is 10.7. The van der Waals surface area contributed by atoms with Crippen LogP contribution in [0.15, 0.2) is 24.3 Å². The normalized spacial score (nSPS) is 30.3. The van der Waals surface area contributed by atoms with Gasteiger partial charge >= 0.3 is 0 Å². The highest BCUT2D eigenvalue weighted by Gasteiger charge is 2.35. The van der Waals surface area contributed by atoms with Gasteiger partial charge in [0.05, 0.1) is 15.2 Å². The van der Waals surface area contributed by atoms with Gasteiger partial charge in [-0.2, -0.15) is 0 Å². The van der Waals surface area contributed by atoms with E-state index in [1.165, 1.54) is 35.4 Å². The summed E-state index contributed by atoms with van der Waals surface area (Å²) >= 11 is 1.78. The molecule has 0 aliphatic heterocycles. The number of fused-ring (bicyclic) bond motifs is 1. The number of nitrogens with zero attached hydrogens (tertiary/aromatic N) is 1. The summed E-state index contributed by atoms with van der Waals surface area (Å²) in [6.07, 6.45) is 9.27. The van der Waals surface area contributed by atoms with Gasteiger partial charge in [0.2, 0.25) is 5.91 Å². The third-order valence-corrected chi connectivity index (χ3v) is 7.26. The number of para-hydroxylation sites is 1. The molecule has 1 heterocycles. The van der Waals surface area contributed by atoms with Crippen LogP contribution in [0.2, 0.25) is 0 Å². The molecule has 4 rings (SSSR count). The number of aromatic nitrogens is 1. The summed E-state index contributed by atoms with van der Waals surface area (Å²) in [5, 5.41) is 4.55. The molecule has 1 aromatic carbocycles. The van der Waals surface area contributed by atoms with Crippen molar-refractivity contribution in [2.24, 2.45) is 11.8 Å². The van der Waals surface area contributed by atoms with Crippen molar-refractivity contribution >= 4 is 27.5 Å². The van der Waals surface area contributed by atoms with E-state index in [0.717, 1.165) is 37.1 Å². The lowest BCUT2D eigenvalue weighted by Crippen LogP contribution is -2.43. The van der Waals surface area contributed by atoms with Crippen LogP contribution < -0.4 is 5.32 Å². The zero-order valence-electron chi connectivity index (χ0n) is 15.0. The van der Waals surface area contributed by atoms with Gasteiger partial charge in [-0.05, 0) is 56.6 Å². The van der Waals surface area contributed by atoms with Crippen molar-refractivity contribution in [3.05, 3.63) is 29.3 Å². The Morgan fingerprint density at radius 2 is 1.84 bits per heavy atom. The Balaban J connectivity index is 1.49. The van der Waals surface area contributed by atoms with Crippen LogP contribution in [-0.2, 0) is 4.79 Å². The molecule has 2 aliphatic carbocycles. The van der Waals surface area contributed by atoms with Crippen LogP contribution in [0.3, 0.4) is 0 Å². The van der Waals surface area contributed by atoms with E-state index in [4.69, 9.17) is 4.98 Å². The molecule has 2 atom stereocenters. The first-order valence-electron chi connectivity index (χ1n) is 9.86. The molecule has 2 aromatic rings. The Morgan fingerprint density at radius 3 is 2.64 bits per heavy atom. The summed E-state index contributed by atoms with van der Waals surface area (Å²) in [7, 11) is 0. The molecule has 2 aliphatic rings. The molecular formula is C21H28N2OS. The maximum Gasteiger partial charge on any atom is 0.224 e. The lowest BCUT2D eigenvalue weighted by Gasteiger charge is -2.32. The van der Waals surface area contributed by atoms with Crippen molar-refractivity contribution in [2.45, 2.75) is 70.3 Å². The molecule has 134 valence electrons. The first kappa shape index (κ1) is 17.0. The van der Waals surface area contributed by atoms with Gasteiger partial charge in [0.15, 0.2) is 0 Å². The number of carbonyl (C=O) groups excluding carboxylic acids is 1. The Labute approximate surface area is 154 Å². The zero-order chi connectivity index (χ0) is 17.2. The lowest BCUT2D eigenvalue weighted by molar-refractivity contribution is -0.127. The van der Waals surface area contributed by atoms with Crippen molar-refractivity contribution < 1.29 is 4.79 Å². The monoisotopic (exact) mass is 356 g/mol. The Hall–Kier alpha value is -1.42. The van der Waals surface area contributed by atoms with Gasteiger partial charge in [0.1, 0.15) is 0 Å². The minimum absolute atomic E-state index is 0.105. The highest BCUT2D eigenvalue weighted by Crippen LogP contribution is 2.41. The fraction of sp³-hybridized carbons (Fsp3) is 0.619. The molecule has 0 bridgehead atoms. The average molecular weight is 357 g/mol. The second kappa shape index (κ2) is 7.45. The summed E-state index contributed by atoms with van der Waals surface area (Å²) < 4.78 is 1.24. The van der Waals surface area contributed by atoms with Crippen LogP contribution in [0.25, 0.3) is 10.2 Å². The predicted molar refractivity (Wildman–Crippen MR) is 104 cm³/mol. The van der Waals surface area contributed by atoms with Crippen molar-refractivity contribution in [3.63, 3.8) is 0 Å². The Bertz CT molecular complexity index is 699. The molecule has 2 saturated carbocycles. The highest BCUT2D eigenvalue weighted by atomic mass is 32.1. The van der Waals surface area contributed by atoms with Gasteiger partial charge in [0, 0.05) is 17.9 Å². The molecule has 3 nitrogen and oxygen atoms in total. The van der Waals surface area contributed by atoms with Crippen molar-refractivity contribution in [1.29, 1.82) is 0 Å². The van der Waals surface area contributed by atoms with E-state index < -0.39 is 0 Å². The zero-order valence-corrected chi connectivity index (χ0v) is 15.9. The molecule has 0 unspecified atom stereocenters. The van der Waals surface area contributed by atoms with E-state index in [1.54, 1.807) is 11.3 Å². The molecule has 1 amide bonds. The number of rotatable bonds is 3. The number of amides is 1. The maximum atomic E-state index is 13.0. The second-order valence-electron chi connectivity index (χ2n) is 7.98. The molecule has 0 radical (unpaired) electrons. The second-order valence-corrected chi connectivity index (χ2v) is 9.04. The van der Waals surface area contributed by atoms with Gasteiger partial charge < -0.3 is 5.32 Å². The number of nitrogens with one attached hydrogen (secondary N) is 1. The topological polar surface area (TPSA) is 42.0 Å². The van der Waals surface area contributed by atoms with Crippen LogP contribution in [0.1, 0.15) is 69.2 Å². The number of carbonyl (C=O) groups is 1. The predicted octanol–water partition coefficient (Wildman–Crippen LogP) is 5.27. The fourth-order valence-corrected chi connectivity index (χ4v) is 5.67. The summed E-state index contributed by atoms with van der Waals surface area (Å²) in [5.41, 5.74) is 1.08. The van der Waals surface area contributed by atoms with E-state index in [2.05, 4.69) is 30.4 Å². The van der Waals surface area contributed by atoms with Gasteiger partial charge in [-0.25, -0.2) is 4.98 Å². The first-order chi connectivity index (χ1) is 12.2. The number of hydrogen-bond donors (Lipinski definition) is 1. The fourth-order valence-electron chi connectivity index (χ4n) is 4.50. The van der Waals surface area contributed by atoms with Crippen molar-refractivity contribution in [3.8, 4) is 0 Å². The minimum atomic E-state index is 0.105. The van der Waals surface area contributed by atoms with E-state index in [-0.39, 0.29) is 11.8 Å². The van der Waals surface area contributed by atoms with Crippen LogP contribution >= 0.6 is 11.3 Å². The lowest BCUT2D eigenvalue weighted by atomic mass is 9.78. The van der Waals surface area contributed by atoms with Crippen molar-refractivity contribution in [2.75, 3.05) is 0 Å². The summed E-state index contributed by atoms with van der Waals surface area (Å²) in [5.74, 6) is 1.50. The van der Waals surface area contributed by atoms with Crippen LogP contribution in [0, 0.1) is 11.8 Å². The van der Waals surface area contributed by atoms with Crippen LogP contribution in [0.5, 0.6) is 0 Å². The molecule has 1 N–H and O–H groups in total. The van der Waals surface area contributed by atoms with Gasteiger partial charge in [-0.3, -0.25) is 4.79 Å². The SMILES string of the molecule is CC1CCC(NC(=O)[C@@H]2CCCC[C@H]2c2nc3ccccc3s2)CC1. The average Bonchev–Trinajstić information content (AvgIpc) is 3.07. The molecule has 0 spiro atoms. The van der Waals surface area contributed by atoms with Crippen LogP contribution in [0.4, 0.5) is 0 Å². The highest BCUT2D eigenvalue weighted by molar-refractivity contribution is 7.18. The quantitative estimate of drug-likeness (QED) is 0.814. The van der Waals surface area contributed by atoms with Gasteiger partial charge in [-0.15, -0.1) is 11.3 Å². The third-order valence-electron chi connectivity index (χ3n) is 6.09. The molecular weight excluding hydrogens is 328 g/mol. The molecule has 25 heavy (non-hydrogen) atoms. The standard InChI is InChI=1S/C21H28N2OS/c1-14-10-12-15(13-11-14)22-20(24)16-6-2-3-7-17(16)21-23-18-8-4-5-9-19(18)25-21/h4-5,8-9,14-17H,2-3,6-7,10-13H2,1H3,(H,22,24)/t14?,15?,16-,17-/m1/s1. The number of benzene rings is 1. The molecule has 0 saturated heterocycles. The molecule has 2 fully saturated rings. The van der Waals surface area contributed by atoms with Gasteiger partial charge in [-0.1, -0.05) is 31.9 Å². The smallest absolute Gasteiger partial charge is 0.224 e. The maximum absolute atomic E-state index is 13.0. The summed E-state index contributed by atoms with van der Waals surface area (Å²) in [6.45, 7) is 2.32. The summed E-state index contributed by atoms with van der Waals surface area (Å²) in [6, 6.07) is 8.72. The van der Waals surface area contributed by atoms with E-state index >= 15 is 0 Å². The van der Waals surface area contributed by atoms with E-state index in [9.17, 15) is 4.79 Å². The van der Waals surface area contributed by atoms with Gasteiger partial charge in [0.25, 0.3) is 0 Å². The third kappa shape index (κ3) is 3.74. The molecule has 4 heteroatoms. The number of hydrogen-bond acceptors (Lipinski definition) is 3. The Morgan fingerprint density at radius 1 is 1.08 bits per heavy atom.